The summed E-state index contributed by atoms with van der Waals surface area (Å²) in [5, 5.41) is 10.3. The zero-order chi connectivity index (χ0) is 23.4. The van der Waals surface area contributed by atoms with Crippen LogP contribution in [0.5, 0.6) is 11.5 Å². The van der Waals surface area contributed by atoms with Crippen molar-refractivity contribution >= 4 is 28.6 Å². The van der Waals surface area contributed by atoms with Crippen LogP contribution in [0.4, 0.5) is 0 Å². The average molecular weight is 483 g/mol. The number of thiophene rings is 1. The highest BCUT2D eigenvalue weighted by Crippen LogP contribution is 2.35. The largest absolute Gasteiger partial charge is 0.493 e. The molecular formula is C23H22N4O4S2. The molecule has 3 aromatic heterocycles. The molecule has 0 bridgehead atoms. The number of hydrogen-bond acceptors (Lipinski definition) is 8. The third-order valence-corrected chi connectivity index (χ3v) is 7.10. The number of hydrogen-bond donors (Lipinski definition) is 1. The average Bonchev–Trinajstić information content (AvgIpc) is 3.49. The van der Waals surface area contributed by atoms with E-state index < -0.39 is 0 Å². The molecule has 0 aliphatic rings. The topological polar surface area (TPSA) is 95.3 Å². The predicted molar refractivity (Wildman–Crippen MR) is 130 cm³/mol. The highest BCUT2D eigenvalue weighted by Gasteiger charge is 2.15. The minimum atomic E-state index is -0.279. The summed E-state index contributed by atoms with van der Waals surface area (Å²) in [6, 6.07) is 12.1. The van der Waals surface area contributed by atoms with Gasteiger partial charge in [0.25, 0.3) is 11.5 Å². The van der Waals surface area contributed by atoms with Crippen molar-refractivity contribution in [2.75, 3.05) is 20.8 Å². The second-order valence-electron chi connectivity index (χ2n) is 7.02. The van der Waals surface area contributed by atoms with E-state index in [1.165, 1.54) is 25.0 Å². The molecule has 0 radical (unpaired) electrons. The predicted octanol–water partition coefficient (Wildman–Crippen LogP) is 3.85. The molecule has 3 heterocycles. The van der Waals surface area contributed by atoms with E-state index >= 15 is 0 Å². The van der Waals surface area contributed by atoms with Gasteiger partial charge in [-0.2, -0.15) is 5.10 Å². The fourth-order valence-electron chi connectivity index (χ4n) is 3.22. The monoisotopic (exact) mass is 482 g/mol. The first-order valence-corrected chi connectivity index (χ1v) is 11.8. The number of carbonyl (C=O) groups excluding carboxylic acids is 1. The summed E-state index contributed by atoms with van der Waals surface area (Å²) in [4.78, 5) is 31.5. The van der Waals surface area contributed by atoms with E-state index in [1.807, 2.05) is 24.4 Å². The zero-order valence-corrected chi connectivity index (χ0v) is 20.0. The zero-order valence-electron chi connectivity index (χ0n) is 18.3. The number of methoxy groups -OCH3 is 2. The molecular weight excluding hydrogens is 460 g/mol. The Morgan fingerprint density at radius 2 is 1.94 bits per heavy atom. The number of thiazole rings is 1. The van der Waals surface area contributed by atoms with Crippen LogP contribution in [0, 0.1) is 6.92 Å². The van der Waals surface area contributed by atoms with Crippen LogP contribution in [0.2, 0.25) is 0 Å². The van der Waals surface area contributed by atoms with Gasteiger partial charge < -0.3 is 14.8 Å². The van der Waals surface area contributed by atoms with Crippen LogP contribution in [0.25, 0.3) is 20.5 Å². The maximum Gasteiger partial charge on any atom is 0.266 e. The van der Waals surface area contributed by atoms with Gasteiger partial charge in [-0.3, -0.25) is 9.59 Å². The SMILES string of the molecule is COc1ccc(C(=O)NCCn2nc(-c3sc(-c4cccs4)nc3C)ccc2=O)cc1OC. The number of nitrogens with zero attached hydrogens (tertiary/aromatic N) is 3. The number of aryl methyl sites for hydroxylation is 1. The van der Waals surface area contributed by atoms with Gasteiger partial charge in [-0.25, -0.2) is 9.67 Å². The minimum Gasteiger partial charge on any atom is -0.493 e. The Hall–Kier alpha value is -3.50. The number of nitrogens with one attached hydrogen (secondary N) is 1. The Morgan fingerprint density at radius 3 is 2.67 bits per heavy atom. The maximum atomic E-state index is 12.5. The van der Waals surface area contributed by atoms with Crippen molar-refractivity contribution in [2.45, 2.75) is 13.5 Å². The van der Waals surface area contributed by atoms with Gasteiger partial charge >= 0.3 is 0 Å². The smallest absolute Gasteiger partial charge is 0.266 e. The van der Waals surface area contributed by atoms with Crippen LogP contribution >= 0.6 is 22.7 Å². The Balaban J connectivity index is 1.46. The van der Waals surface area contributed by atoms with E-state index in [0.29, 0.717) is 22.8 Å². The third kappa shape index (κ3) is 4.96. The Morgan fingerprint density at radius 1 is 1.12 bits per heavy atom. The summed E-state index contributed by atoms with van der Waals surface area (Å²) in [7, 11) is 3.05. The van der Waals surface area contributed by atoms with Crippen molar-refractivity contribution in [1.82, 2.24) is 20.1 Å². The molecule has 0 saturated heterocycles. The molecule has 0 aliphatic carbocycles. The molecule has 33 heavy (non-hydrogen) atoms. The Labute approximate surface area is 198 Å². The molecule has 0 saturated carbocycles. The third-order valence-electron chi connectivity index (χ3n) is 4.88. The first kappa shape index (κ1) is 22.7. The maximum absolute atomic E-state index is 12.5. The normalized spacial score (nSPS) is 10.8. The molecule has 10 heteroatoms. The molecule has 0 fully saturated rings. The Bertz CT molecular complexity index is 1330. The fourth-order valence-corrected chi connectivity index (χ4v) is 5.05. The molecule has 4 rings (SSSR count). The van der Waals surface area contributed by atoms with E-state index in [9.17, 15) is 9.59 Å². The quantitative estimate of drug-likeness (QED) is 0.410. The molecule has 8 nitrogen and oxygen atoms in total. The molecule has 0 spiro atoms. The number of carbonyl (C=O) groups is 1. The fraction of sp³-hybridized carbons (Fsp3) is 0.217. The van der Waals surface area contributed by atoms with Gasteiger partial charge in [0.05, 0.1) is 36.2 Å². The molecule has 0 atom stereocenters. The van der Waals surface area contributed by atoms with Crippen molar-refractivity contribution in [1.29, 1.82) is 0 Å². The van der Waals surface area contributed by atoms with E-state index in [2.05, 4.69) is 15.4 Å². The highest BCUT2D eigenvalue weighted by atomic mass is 32.1. The van der Waals surface area contributed by atoms with Gasteiger partial charge in [-0.1, -0.05) is 6.07 Å². The van der Waals surface area contributed by atoms with Gasteiger partial charge in [0, 0.05) is 18.2 Å². The molecule has 1 N–H and O–H groups in total. The van der Waals surface area contributed by atoms with E-state index in [4.69, 9.17) is 9.47 Å². The minimum absolute atomic E-state index is 0.236. The molecule has 0 aliphatic heterocycles. The number of rotatable bonds is 8. The summed E-state index contributed by atoms with van der Waals surface area (Å²) in [6.45, 7) is 2.41. The highest BCUT2D eigenvalue weighted by molar-refractivity contribution is 7.23. The first-order chi connectivity index (χ1) is 16.0. The molecule has 0 unspecified atom stereocenters. The van der Waals surface area contributed by atoms with E-state index in [1.54, 1.807) is 46.9 Å². The summed E-state index contributed by atoms with van der Waals surface area (Å²) in [5.41, 5.74) is 1.74. The van der Waals surface area contributed by atoms with Gasteiger partial charge in [-0.15, -0.1) is 22.7 Å². The van der Waals surface area contributed by atoms with Crippen molar-refractivity contribution in [3.63, 3.8) is 0 Å². The standard InChI is InChI=1S/C23H22N4O4S2/c1-14-21(33-23(25-14)19-5-4-12-32-19)16-7-9-20(28)27(26-16)11-10-24-22(29)15-6-8-17(30-2)18(13-15)31-3/h4-9,12-13H,10-11H2,1-3H3,(H,24,29). The van der Waals surface area contributed by atoms with Crippen LogP contribution in [0.3, 0.4) is 0 Å². The van der Waals surface area contributed by atoms with Crippen molar-refractivity contribution in [3.8, 4) is 32.0 Å². The van der Waals surface area contributed by atoms with Gasteiger partial charge in [-0.05, 0) is 42.6 Å². The lowest BCUT2D eigenvalue weighted by atomic mass is 10.2. The molecule has 1 aromatic carbocycles. The number of aromatic nitrogens is 3. The number of amides is 1. The van der Waals surface area contributed by atoms with Crippen molar-refractivity contribution < 1.29 is 14.3 Å². The molecule has 1 amide bonds. The molecule has 170 valence electrons. The van der Waals surface area contributed by atoms with Gasteiger partial charge in [0.1, 0.15) is 10.7 Å². The van der Waals surface area contributed by atoms with Crippen molar-refractivity contribution in [2.24, 2.45) is 0 Å². The lowest BCUT2D eigenvalue weighted by Gasteiger charge is -2.10. The Kier molecular flexibility index (Phi) is 6.85. The summed E-state index contributed by atoms with van der Waals surface area (Å²) in [5.74, 6) is 0.735. The van der Waals surface area contributed by atoms with Crippen LogP contribution in [-0.4, -0.2) is 41.4 Å². The number of ether oxygens (including phenoxy) is 2. The second kappa shape index (κ2) is 9.97. The van der Waals surface area contributed by atoms with Crippen LogP contribution < -0.4 is 20.3 Å². The lowest BCUT2D eigenvalue weighted by Crippen LogP contribution is -2.31. The second-order valence-corrected chi connectivity index (χ2v) is 8.96. The summed E-state index contributed by atoms with van der Waals surface area (Å²) < 4.78 is 11.8. The van der Waals surface area contributed by atoms with Crippen LogP contribution in [0.1, 0.15) is 16.1 Å². The van der Waals surface area contributed by atoms with Crippen LogP contribution in [-0.2, 0) is 6.54 Å². The number of benzene rings is 1. The first-order valence-electron chi connectivity index (χ1n) is 10.1. The molecule has 4 aromatic rings. The van der Waals surface area contributed by atoms with E-state index in [-0.39, 0.29) is 24.6 Å². The van der Waals surface area contributed by atoms with Crippen LogP contribution in [0.15, 0.2) is 52.6 Å². The summed E-state index contributed by atoms with van der Waals surface area (Å²) in [6.07, 6.45) is 0. The lowest BCUT2D eigenvalue weighted by molar-refractivity contribution is 0.0951. The summed E-state index contributed by atoms with van der Waals surface area (Å²) >= 11 is 3.18. The van der Waals surface area contributed by atoms with Gasteiger partial charge in [0.2, 0.25) is 0 Å². The van der Waals surface area contributed by atoms with Crippen molar-refractivity contribution in [3.05, 3.63) is 69.5 Å². The van der Waals surface area contributed by atoms with E-state index in [0.717, 1.165) is 20.5 Å². The van der Waals surface area contributed by atoms with Gasteiger partial charge in [0.15, 0.2) is 11.5 Å².